The molecule has 0 spiro atoms. The Balaban J connectivity index is 1.66. The van der Waals surface area contributed by atoms with Crippen molar-refractivity contribution in [2.75, 3.05) is 26.7 Å². The summed E-state index contributed by atoms with van der Waals surface area (Å²) in [5.41, 5.74) is 2.58. The van der Waals surface area contributed by atoms with Gasteiger partial charge in [0.15, 0.2) is 6.61 Å². The van der Waals surface area contributed by atoms with Crippen molar-refractivity contribution >= 4 is 5.91 Å². The van der Waals surface area contributed by atoms with E-state index in [0.29, 0.717) is 6.04 Å². The Morgan fingerprint density at radius 2 is 2.20 bits per heavy atom. The van der Waals surface area contributed by atoms with Gasteiger partial charge in [0.2, 0.25) is 0 Å². The highest BCUT2D eigenvalue weighted by Crippen LogP contribution is 2.36. The first kappa shape index (κ1) is 13.4. The zero-order chi connectivity index (χ0) is 13.9. The second-order valence-corrected chi connectivity index (χ2v) is 5.58. The number of ether oxygens (including phenoxy) is 1. The molecule has 4 nitrogen and oxygen atoms in total. The van der Waals surface area contributed by atoms with Crippen LogP contribution in [0.2, 0.25) is 0 Å². The first-order chi connectivity index (χ1) is 9.79. The number of nitrogens with one attached hydrogen (secondary N) is 1. The van der Waals surface area contributed by atoms with Gasteiger partial charge in [0.25, 0.3) is 5.91 Å². The van der Waals surface area contributed by atoms with Crippen LogP contribution >= 0.6 is 0 Å². The van der Waals surface area contributed by atoms with Crippen molar-refractivity contribution in [3.8, 4) is 5.75 Å². The van der Waals surface area contributed by atoms with Crippen LogP contribution in [0.3, 0.4) is 0 Å². The number of carbonyl (C=O) groups excluding carboxylic acids is 1. The molecular weight excluding hydrogens is 252 g/mol. The minimum atomic E-state index is 0.114. The van der Waals surface area contributed by atoms with Crippen LogP contribution in [0, 0.1) is 0 Å². The number of nitrogens with zero attached hydrogens (tertiary/aromatic N) is 1. The minimum Gasteiger partial charge on any atom is -0.483 e. The van der Waals surface area contributed by atoms with Crippen LogP contribution in [0.5, 0.6) is 5.75 Å². The van der Waals surface area contributed by atoms with Crippen LogP contribution in [0.25, 0.3) is 0 Å². The topological polar surface area (TPSA) is 41.6 Å². The van der Waals surface area contributed by atoms with E-state index in [-0.39, 0.29) is 12.5 Å². The van der Waals surface area contributed by atoms with Crippen molar-refractivity contribution in [3.05, 3.63) is 29.3 Å². The third-order valence-electron chi connectivity index (χ3n) is 4.39. The van der Waals surface area contributed by atoms with Crippen LogP contribution in [-0.2, 0) is 11.2 Å². The third-order valence-corrected chi connectivity index (χ3v) is 4.39. The number of hydrogen-bond donors (Lipinski definition) is 1. The van der Waals surface area contributed by atoms with Gasteiger partial charge >= 0.3 is 0 Å². The maximum Gasteiger partial charge on any atom is 0.260 e. The maximum absolute atomic E-state index is 12.0. The lowest BCUT2D eigenvalue weighted by Crippen LogP contribution is -2.32. The Labute approximate surface area is 120 Å². The molecule has 3 rings (SSSR count). The highest BCUT2D eigenvalue weighted by Gasteiger charge is 2.24. The van der Waals surface area contributed by atoms with Crippen LogP contribution in [0.15, 0.2) is 18.2 Å². The zero-order valence-electron chi connectivity index (χ0n) is 12.0. The lowest BCUT2D eigenvalue weighted by molar-refractivity contribution is -0.132. The molecule has 20 heavy (non-hydrogen) atoms. The van der Waals surface area contributed by atoms with Gasteiger partial charge in [-0.2, -0.15) is 0 Å². The zero-order valence-corrected chi connectivity index (χ0v) is 12.0. The lowest BCUT2D eigenvalue weighted by Gasteiger charge is -2.17. The molecule has 1 atom stereocenters. The van der Waals surface area contributed by atoms with Crippen LogP contribution in [-0.4, -0.2) is 37.6 Å². The van der Waals surface area contributed by atoms with Crippen LogP contribution < -0.4 is 10.1 Å². The Kier molecular flexibility index (Phi) is 3.92. The van der Waals surface area contributed by atoms with E-state index in [1.54, 1.807) is 0 Å². The molecule has 0 saturated carbocycles. The van der Waals surface area contributed by atoms with Crippen molar-refractivity contribution in [2.24, 2.45) is 0 Å². The Bertz CT molecular complexity index is 495. The number of amides is 1. The molecule has 1 aromatic rings. The molecule has 1 amide bonds. The smallest absolute Gasteiger partial charge is 0.260 e. The highest BCUT2D eigenvalue weighted by molar-refractivity contribution is 5.78. The molecule has 1 aliphatic heterocycles. The van der Waals surface area contributed by atoms with E-state index in [1.807, 2.05) is 24.1 Å². The van der Waals surface area contributed by atoms with Gasteiger partial charge in [-0.05, 0) is 49.9 Å². The van der Waals surface area contributed by atoms with Gasteiger partial charge in [-0.1, -0.05) is 12.1 Å². The van der Waals surface area contributed by atoms with Gasteiger partial charge in [0.1, 0.15) is 5.75 Å². The van der Waals surface area contributed by atoms with Gasteiger partial charge < -0.3 is 15.0 Å². The van der Waals surface area contributed by atoms with E-state index in [1.165, 1.54) is 11.1 Å². The minimum absolute atomic E-state index is 0.114. The van der Waals surface area contributed by atoms with E-state index in [2.05, 4.69) is 11.4 Å². The predicted molar refractivity (Wildman–Crippen MR) is 77.9 cm³/mol. The number of likely N-dealkylation sites (tertiary alicyclic amines) is 1. The summed E-state index contributed by atoms with van der Waals surface area (Å²) in [5.74, 6) is 0.996. The molecule has 1 heterocycles. The average Bonchev–Trinajstić information content (AvgIpc) is 3.13. The first-order valence-electron chi connectivity index (χ1n) is 7.49. The molecule has 1 unspecified atom stereocenters. The van der Waals surface area contributed by atoms with Gasteiger partial charge in [-0.15, -0.1) is 0 Å². The molecule has 1 N–H and O–H groups in total. The van der Waals surface area contributed by atoms with Crippen LogP contribution in [0.1, 0.15) is 36.4 Å². The van der Waals surface area contributed by atoms with Crippen molar-refractivity contribution in [1.29, 1.82) is 0 Å². The van der Waals surface area contributed by atoms with E-state index in [4.69, 9.17) is 4.74 Å². The number of carbonyl (C=O) groups is 1. The number of rotatable bonds is 4. The molecule has 0 radical (unpaired) electrons. The standard InChI is InChI=1S/C16H22N2O2/c1-17-14-8-7-13-12(14)5-4-6-15(13)20-11-16(19)18-9-2-3-10-18/h4-6,14,17H,2-3,7-11H2,1H3. The first-order valence-corrected chi connectivity index (χ1v) is 7.49. The second kappa shape index (κ2) is 5.83. The molecule has 4 heteroatoms. The Morgan fingerprint density at radius 3 is 2.95 bits per heavy atom. The number of benzene rings is 1. The lowest BCUT2D eigenvalue weighted by atomic mass is 10.1. The fraction of sp³-hybridized carbons (Fsp3) is 0.562. The summed E-state index contributed by atoms with van der Waals surface area (Å²) in [4.78, 5) is 13.9. The van der Waals surface area contributed by atoms with Crippen molar-refractivity contribution in [3.63, 3.8) is 0 Å². The van der Waals surface area contributed by atoms with Gasteiger partial charge in [-0.3, -0.25) is 4.79 Å². The fourth-order valence-corrected chi connectivity index (χ4v) is 3.25. The van der Waals surface area contributed by atoms with Gasteiger partial charge in [-0.25, -0.2) is 0 Å². The predicted octanol–water partition coefficient (Wildman–Crippen LogP) is 1.89. The summed E-state index contributed by atoms with van der Waals surface area (Å²) in [6.45, 7) is 1.94. The molecule has 1 saturated heterocycles. The normalized spacial score (nSPS) is 21.1. The molecule has 108 valence electrons. The quantitative estimate of drug-likeness (QED) is 0.911. The summed E-state index contributed by atoms with van der Waals surface area (Å²) < 4.78 is 5.80. The van der Waals surface area contributed by atoms with Gasteiger partial charge in [0.05, 0.1) is 0 Å². The van der Waals surface area contributed by atoms with E-state index in [0.717, 1.165) is 44.5 Å². The molecule has 1 fully saturated rings. The van der Waals surface area contributed by atoms with E-state index < -0.39 is 0 Å². The third kappa shape index (κ3) is 2.52. The largest absolute Gasteiger partial charge is 0.483 e. The molecule has 1 aromatic carbocycles. The summed E-state index contributed by atoms with van der Waals surface area (Å²) >= 11 is 0. The molecule has 0 bridgehead atoms. The van der Waals surface area contributed by atoms with Crippen LogP contribution in [0.4, 0.5) is 0 Å². The van der Waals surface area contributed by atoms with E-state index >= 15 is 0 Å². The molecule has 0 aromatic heterocycles. The van der Waals surface area contributed by atoms with Gasteiger partial charge in [0, 0.05) is 19.1 Å². The maximum atomic E-state index is 12.0. The summed E-state index contributed by atoms with van der Waals surface area (Å²) in [5, 5.41) is 3.33. The van der Waals surface area contributed by atoms with Crippen molar-refractivity contribution in [2.45, 2.75) is 31.7 Å². The number of hydrogen-bond acceptors (Lipinski definition) is 3. The summed E-state index contributed by atoms with van der Waals surface area (Å²) in [7, 11) is 1.99. The van der Waals surface area contributed by atoms with E-state index in [9.17, 15) is 4.79 Å². The van der Waals surface area contributed by atoms with Crippen molar-refractivity contribution in [1.82, 2.24) is 10.2 Å². The molecular formula is C16H22N2O2. The number of fused-ring (bicyclic) bond motifs is 1. The highest BCUT2D eigenvalue weighted by atomic mass is 16.5. The SMILES string of the molecule is CNC1CCc2c(OCC(=O)N3CCCC3)cccc21. The molecule has 1 aliphatic carbocycles. The Hall–Kier alpha value is -1.55. The summed E-state index contributed by atoms with van der Waals surface area (Å²) in [6.07, 6.45) is 4.37. The van der Waals surface area contributed by atoms with Crippen molar-refractivity contribution < 1.29 is 9.53 Å². The monoisotopic (exact) mass is 274 g/mol. The summed E-state index contributed by atoms with van der Waals surface area (Å²) in [6, 6.07) is 6.57. The fourth-order valence-electron chi connectivity index (χ4n) is 3.25. The molecule has 2 aliphatic rings. The average molecular weight is 274 g/mol. The Morgan fingerprint density at radius 1 is 1.40 bits per heavy atom. The second-order valence-electron chi connectivity index (χ2n) is 5.58.